The normalized spacial score (nSPS) is 18.0. The van der Waals surface area contributed by atoms with Crippen LogP contribution in [0, 0.1) is 0 Å². The molecular formula is C18H20N2O5S. The van der Waals surface area contributed by atoms with Gasteiger partial charge in [0.15, 0.2) is 9.84 Å². The predicted octanol–water partition coefficient (Wildman–Crippen LogP) is 2.01. The summed E-state index contributed by atoms with van der Waals surface area (Å²) in [5.74, 6) is -0.351. The first-order valence-electron chi connectivity index (χ1n) is 8.21. The van der Waals surface area contributed by atoms with Crippen LogP contribution in [0.15, 0.2) is 47.5 Å². The fraction of sp³-hybridized carbons (Fsp3) is 0.333. The first-order valence-corrected chi connectivity index (χ1v) is 9.87. The molecule has 1 aromatic carbocycles. The lowest BCUT2D eigenvalue weighted by molar-refractivity contribution is -0.117. The van der Waals surface area contributed by atoms with Crippen molar-refractivity contribution in [2.75, 3.05) is 31.4 Å². The van der Waals surface area contributed by atoms with Gasteiger partial charge in [-0.25, -0.2) is 13.4 Å². The highest BCUT2D eigenvalue weighted by molar-refractivity contribution is 7.91. The molecular weight excluding hydrogens is 356 g/mol. The van der Waals surface area contributed by atoms with Gasteiger partial charge in [0.05, 0.1) is 35.1 Å². The number of benzene rings is 1. The van der Waals surface area contributed by atoms with Gasteiger partial charge in [-0.3, -0.25) is 4.79 Å². The molecule has 2 aromatic rings. The third-order valence-electron chi connectivity index (χ3n) is 4.16. The lowest BCUT2D eigenvalue weighted by Gasteiger charge is -2.24. The zero-order valence-electron chi connectivity index (χ0n) is 14.3. The van der Waals surface area contributed by atoms with Crippen molar-refractivity contribution in [1.82, 2.24) is 4.98 Å². The van der Waals surface area contributed by atoms with Crippen molar-refractivity contribution in [3.05, 3.63) is 48.2 Å². The highest BCUT2D eigenvalue weighted by Crippen LogP contribution is 2.34. The Bertz CT molecular complexity index is 881. The quantitative estimate of drug-likeness (QED) is 0.775. The second-order valence-corrected chi connectivity index (χ2v) is 7.99. The molecule has 1 aliphatic heterocycles. The number of anilines is 1. The molecule has 0 saturated carbocycles. The number of nitrogens with one attached hydrogen (secondary N) is 1. The molecule has 1 unspecified atom stereocenters. The van der Waals surface area contributed by atoms with Gasteiger partial charge in [-0.1, -0.05) is 18.2 Å². The summed E-state index contributed by atoms with van der Waals surface area (Å²) in [5, 5.41) is 2.80. The number of ether oxygens (including phenoxy) is 2. The number of nitrogens with zero attached hydrogens (tertiary/aromatic N) is 1. The van der Waals surface area contributed by atoms with E-state index in [1.54, 1.807) is 43.5 Å². The van der Waals surface area contributed by atoms with Gasteiger partial charge in [-0.15, -0.1) is 0 Å². The summed E-state index contributed by atoms with van der Waals surface area (Å²) in [5.41, 5.74) is 1.07. The second-order valence-electron chi connectivity index (χ2n) is 5.91. The minimum absolute atomic E-state index is 0.0351. The zero-order chi connectivity index (χ0) is 18.6. The van der Waals surface area contributed by atoms with Crippen molar-refractivity contribution in [3.63, 3.8) is 0 Å². The summed E-state index contributed by atoms with van der Waals surface area (Å²) in [7, 11) is -1.73. The molecule has 0 saturated heterocycles. The first-order chi connectivity index (χ1) is 12.5. The molecule has 0 bridgehead atoms. The molecule has 0 fully saturated rings. The summed E-state index contributed by atoms with van der Waals surface area (Å²) in [6.45, 7) is 0.854. The van der Waals surface area contributed by atoms with Crippen molar-refractivity contribution in [2.45, 2.75) is 17.2 Å². The van der Waals surface area contributed by atoms with Crippen LogP contribution in [-0.4, -0.2) is 45.4 Å². The Morgan fingerprint density at radius 1 is 1.23 bits per heavy atom. The molecule has 1 atom stereocenters. The van der Waals surface area contributed by atoms with Gasteiger partial charge < -0.3 is 14.8 Å². The van der Waals surface area contributed by atoms with Crippen LogP contribution in [0.4, 0.5) is 5.69 Å². The number of carbonyl (C=O) groups is 1. The van der Waals surface area contributed by atoms with Crippen LogP contribution < -0.4 is 10.1 Å². The number of sulfone groups is 1. The number of amides is 1. The van der Waals surface area contributed by atoms with Crippen LogP contribution in [0.3, 0.4) is 0 Å². The molecule has 0 radical (unpaired) electrons. The third-order valence-corrected chi connectivity index (χ3v) is 5.98. The van der Waals surface area contributed by atoms with Gasteiger partial charge in [0.1, 0.15) is 6.61 Å². The Balaban J connectivity index is 1.71. The third kappa shape index (κ3) is 4.03. The predicted molar refractivity (Wildman–Crippen MR) is 96.1 cm³/mol. The van der Waals surface area contributed by atoms with Gasteiger partial charge in [-0.05, 0) is 24.1 Å². The van der Waals surface area contributed by atoms with E-state index < -0.39 is 15.8 Å². The van der Waals surface area contributed by atoms with Crippen LogP contribution in [-0.2, 0) is 19.4 Å². The smallest absolute Gasteiger partial charge is 0.232 e. The summed E-state index contributed by atoms with van der Waals surface area (Å²) < 4.78 is 34.6. The van der Waals surface area contributed by atoms with E-state index in [-0.39, 0.29) is 23.0 Å². The average Bonchev–Trinajstić information content (AvgIpc) is 2.63. The first kappa shape index (κ1) is 18.3. The van der Waals surface area contributed by atoms with Crippen molar-refractivity contribution in [2.24, 2.45) is 0 Å². The lowest BCUT2D eigenvalue weighted by atomic mass is 9.95. The topological polar surface area (TPSA) is 94.6 Å². The number of hydrogen-bond acceptors (Lipinski definition) is 6. The van der Waals surface area contributed by atoms with Crippen molar-refractivity contribution in [3.8, 4) is 5.88 Å². The molecule has 7 nitrogen and oxygen atoms in total. The van der Waals surface area contributed by atoms with Crippen molar-refractivity contribution in [1.29, 1.82) is 0 Å². The van der Waals surface area contributed by atoms with Gasteiger partial charge in [0.2, 0.25) is 11.8 Å². The number of carbonyl (C=O) groups excluding carboxylic acids is 1. The van der Waals surface area contributed by atoms with Crippen LogP contribution in [0.1, 0.15) is 17.9 Å². The Labute approximate surface area is 152 Å². The number of aromatic nitrogens is 1. The van der Waals surface area contributed by atoms with E-state index in [4.69, 9.17) is 9.47 Å². The van der Waals surface area contributed by atoms with Crippen molar-refractivity contribution >= 4 is 21.4 Å². The number of methoxy groups -OCH3 is 1. The van der Waals surface area contributed by atoms with E-state index in [2.05, 4.69) is 10.3 Å². The largest absolute Gasteiger partial charge is 0.475 e. The minimum atomic E-state index is -3.32. The van der Waals surface area contributed by atoms with Gasteiger partial charge in [-0.2, -0.15) is 0 Å². The number of rotatable bonds is 6. The molecule has 1 N–H and O–H groups in total. The molecule has 0 aliphatic carbocycles. The summed E-state index contributed by atoms with van der Waals surface area (Å²) in [4.78, 5) is 17.0. The molecule has 1 aliphatic rings. The van der Waals surface area contributed by atoms with E-state index in [9.17, 15) is 13.2 Å². The van der Waals surface area contributed by atoms with E-state index >= 15 is 0 Å². The number of hydrogen-bond donors (Lipinski definition) is 1. The van der Waals surface area contributed by atoms with Crippen molar-refractivity contribution < 1.29 is 22.7 Å². The summed E-state index contributed by atoms with van der Waals surface area (Å²) >= 11 is 0. The fourth-order valence-electron chi connectivity index (χ4n) is 2.86. The zero-order valence-corrected chi connectivity index (χ0v) is 15.2. The maximum Gasteiger partial charge on any atom is 0.232 e. The molecule has 1 aromatic heterocycles. The highest BCUT2D eigenvalue weighted by Gasteiger charge is 2.33. The number of fused-ring (bicyclic) bond motifs is 1. The molecule has 8 heteroatoms. The summed E-state index contributed by atoms with van der Waals surface area (Å²) in [6, 6.07) is 10.0. The van der Waals surface area contributed by atoms with E-state index in [0.717, 1.165) is 0 Å². The molecule has 0 spiro atoms. The number of pyridine rings is 1. The minimum Gasteiger partial charge on any atom is -0.475 e. The summed E-state index contributed by atoms with van der Waals surface area (Å²) in [6.07, 6.45) is 1.77. The Kier molecular flexibility index (Phi) is 5.53. The van der Waals surface area contributed by atoms with Crippen LogP contribution in [0.2, 0.25) is 0 Å². The molecule has 3 rings (SSSR count). The van der Waals surface area contributed by atoms with E-state index in [0.29, 0.717) is 30.3 Å². The van der Waals surface area contributed by atoms with Crippen LogP contribution in [0.5, 0.6) is 5.88 Å². The van der Waals surface area contributed by atoms with Crippen LogP contribution in [0.25, 0.3) is 0 Å². The maximum absolute atomic E-state index is 12.7. The van der Waals surface area contributed by atoms with Gasteiger partial charge in [0, 0.05) is 13.2 Å². The molecule has 138 valence electrons. The molecule has 26 heavy (non-hydrogen) atoms. The molecule has 1 amide bonds. The Morgan fingerprint density at radius 3 is 2.77 bits per heavy atom. The molecule has 2 heterocycles. The Morgan fingerprint density at radius 2 is 2.04 bits per heavy atom. The highest BCUT2D eigenvalue weighted by atomic mass is 32.2. The fourth-order valence-corrected chi connectivity index (χ4v) is 4.48. The van der Waals surface area contributed by atoms with Crippen LogP contribution >= 0.6 is 0 Å². The SMILES string of the molecule is COCCOc1ccc(NC(=O)C2CCS(=O)(=O)c3ccccc32)cn1. The van der Waals surface area contributed by atoms with Gasteiger partial charge in [0.25, 0.3) is 0 Å². The Hall–Kier alpha value is -2.45. The van der Waals surface area contributed by atoms with Gasteiger partial charge >= 0.3 is 0 Å². The second kappa shape index (κ2) is 7.84. The maximum atomic E-state index is 12.7. The average molecular weight is 376 g/mol. The standard InChI is InChI=1S/C18H20N2O5S/c1-24-9-10-25-17-7-6-13(12-19-17)20-18(21)15-8-11-26(22,23)16-5-3-2-4-14(15)16/h2-7,12,15H,8-11H2,1H3,(H,20,21). The monoisotopic (exact) mass is 376 g/mol. The van der Waals surface area contributed by atoms with E-state index in [1.165, 1.54) is 6.20 Å². The van der Waals surface area contributed by atoms with E-state index in [1.807, 2.05) is 0 Å². The lowest BCUT2D eigenvalue weighted by Crippen LogP contribution is -2.29.